The van der Waals surface area contributed by atoms with Crippen LogP contribution in [0.15, 0.2) is 24.3 Å². The van der Waals surface area contributed by atoms with Crippen LogP contribution in [-0.4, -0.2) is 270 Å². The van der Waals surface area contributed by atoms with E-state index < -0.39 is 223 Å². The molecule has 0 aromatic heterocycles. The first-order valence-electron chi connectivity index (χ1n) is 37.3. The maximum atomic E-state index is 15.5. The Hall–Kier alpha value is -7.93. The van der Waals surface area contributed by atoms with E-state index in [4.69, 9.17) is 4.74 Å². The van der Waals surface area contributed by atoms with Crippen LogP contribution in [0.3, 0.4) is 0 Å². The number of carbonyl (C=O) groups is 12. The third kappa shape index (κ3) is 19.9. The lowest BCUT2D eigenvalue weighted by molar-refractivity contribution is -0.158. The number of alkyl halides is 5. The number of hydrogen-bond acceptors (Lipinski definition) is 13. The fourth-order valence-corrected chi connectivity index (χ4v) is 15.9. The summed E-state index contributed by atoms with van der Waals surface area (Å²) in [7, 11) is 11.0. The van der Waals surface area contributed by atoms with Crippen molar-refractivity contribution in [2.75, 3.05) is 89.2 Å². The summed E-state index contributed by atoms with van der Waals surface area (Å²) in [4.78, 5) is 191. The van der Waals surface area contributed by atoms with Crippen molar-refractivity contribution in [1.82, 2.24) is 60.0 Å². The van der Waals surface area contributed by atoms with Gasteiger partial charge in [0.05, 0.1) is 25.6 Å². The normalized spacial score (nSPS) is 28.4. The number of halogens is 7. The van der Waals surface area contributed by atoms with Gasteiger partial charge in [-0.2, -0.15) is 13.2 Å². The molecule has 3 aliphatic heterocycles. The SMILES string of the molecule is CCO[C@@H]1C[C@H]2C(=O)NC3(CCC3)C(=O)N(C)[C@@H](C3CCCC3)C(=O)N(C)[C@H](C(=O)N(C)C)CC(=O)N(C)[C@@H](CC3CC3)C(=O)N[C@@H]([C@@H](C)CC)C(=O)N(C)CC(=O)N(C)[C@H]3C/C=C\CCN(C3=O)[C@@H](CC3CCC(F)(F)CC3)C(=O)N(C)CC(=O)N[C@@H](CCc3cc(F)c(C(F)(F)F)c(F)c3)C(=O)N2C1. The number of nitrogens with one attached hydrogen (secondary N) is 3. The summed E-state index contributed by atoms with van der Waals surface area (Å²) < 4.78 is 107. The largest absolute Gasteiger partial charge is 0.422 e. The van der Waals surface area contributed by atoms with Crippen LogP contribution in [-0.2, 0) is 74.9 Å². The quantitative estimate of drug-likeness (QED) is 0.164. The number of carbonyl (C=O) groups excluding carboxylic acids is 12. The van der Waals surface area contributed by atoms with Gasteiger partial charge in [-0.25, -0.2) is 17.6 Å². The molecule has 6 fully saturated rings. The molecule has 25 nitrogen and oxygen atoms in total. The van der Waals surface area contributed by atoms with E-state index in [1.807, 2.05) is 0 Å². The van der Waals surface area contributed by atoms with E-state index in [1.54, 1.807) is 32.9 Å². The molecule has 590 valence electrons. The van der Waals surface area contributed by atoms with Gasteiger partial charge in [0.2, 0.25) is 76.8 Å². The van der Waals surface area contributed by atoms with Crippen molar-refractivity contribution in [2.45, 2.75) is 234 Å². The fourth-order valence-electron chi connectivity index (χ4n) is 15.9. The highest BCUT2D eigenvalue weighted by Crippen LogP contribution is 2.42. The number of aryl methyl sites for hydroxylation is 1. The average Bonchev–Trinajstić information content (AvgIpc) is 1.17. The van der Waals surface area contributed by atoms with Crippen LogP contribution in [0.4, 0.5) is 30.7 Å². The number of benzene rings is 1. The van der Waals surface area contributed by atoms with Crippen LogP contribution < -0.4 is 16.0 Å². The molecule has 4 aliphatic carbocycles. The molecular formula is C74H107F7N12O13. The molecule has 3 heterocycles. The molecule has 1 spiro atoms. The first kappa shape index (κ1) is 83.7. The van der Waals surface area contributed by atoms with E-state index in [1.165, 1.54) is 76.0 Å². The standard InChI is InChI=1S/C74H107F7N12O13/c1-12-43(3)61-69(103)87(7)42-59(96)88(8)52-22-15-14-18-33-92(68(52)102)56(37-45-27-31-73(77,78)32-28-45)67(101)86(6)41-57(94)82-51(26-25-46-34-49(75)60(50(76)35-46)74(79,80)81)65(99)93-40-48(106-13-2)38-54(93)64(98)84-72(29-19-30-72)71(105)91(11)62(47-20-16-17-21-47)70(104)90(10)55(66(100)85(4)5)39-58(95)89(9)53(63(97)83-61)36-44-23-24-44/h14-15,34-35,43-45,47-48,51-56,61-62H,12-13,16-33,36-42H2,1-11H3,(H,82,94)(H,83,97)(H,84,98)/b15-14-/t43-,48+,51-,52-,53-,54-,55-,56-,61-,62-/m0/s1. The molecule has 1 aromatic rings. The van der Waals surface area contributed by atoms with Crippen molar-refractivity contribution in [3.8, 4) is 0 Å². The van der Waals surface area contributed by atoms with Crippen LogP contribution in [0.1, 0.15) is 167 Å². The van der Waals surface area contributed by atoms with Gasteiger partial charge in [0.1, 0.15) is 71.1 Å². The molecule has 32 heteroatoms. The molecule has 2 saturated heterocycles. The summed E-state index contributed by atoms with van der Waals surface area (Å²) in [6.45, 7) is 3.29. The van der Waals surface area contributed by atoms with Gasteiger partial charge in [-0.05, 0) is 132 Å². The van der Waals surface area contributed by atoms with Crippen molar-refractivity contribution in [1.29, 1.82) is 0 Å². The van der Waals surface area contributed by atoms with Crippen molar-refractivity contribution < 1.29 is 93.0 Å². The van der Waals surface area contributed by atoms with Gasteiger partial charge in [0.15, 0.2) is 0 Å². The van der Waals surface area contributed by atoms with Crippen molar-refractivity contribution in [2.24, 2.45) is 23.7 Å². The average molecular weight is 1510 g/mol. The molecule has 12 amide bonds. The van der Waals surface area contributed by atoms with E-state index in [9.17, 15) is 50.7 Å². The van der Waals surface area contributed by atoms with Gasteiger partial charge >= 0.3 is 6.18 Å². The number of amides is 12. The Kier molecular flexibility index (Phi) is 28.0. The van der Waals surface area contributed by atoms with Gasteiger partial charge in [-0.3, -0.25) is 57.5 Å². The topological polar surface area (TPSA) is 279 Å². The number of nitrogens with zero attached hydrogens (tertiary/aromatic N) is 9. The number of likely N-dealkylation sites (N-methyl/N-ethyl adjacent to an activating group) is 7. The molecule has 2 bridgehead atoms. The monoisotopic (exact) mass is 1500 g/mol. The summed E-state index contributed by atoms with van der Waals surface area (Å²) in [5.74, 6) is -17.9. The van der Waals surface area contributed by atoms with Crippen LogP contribution in [0.25, 0.3) is 0 Å². The Morgan fingerprint density at radius 1 is 0.670 bits per heavy atom. The zero-order chi connectivity index (χ0) is 78.2. The second kappa shape index (κ2) is 35.4. The predicted molar refractivity (Wildman–Crippen MR) is 373 cm³/mol. The summed E-state index contributed by atoms with van der Waals surface area (Å²) in [5.41, 5.74) is -4.23. The minimum Gasteiger partial charge on any atom is -0.377 e. The molecule has 1 aromatic carbocycles. The number of hydrogen-bond donors (Lipinski definition) is 3. The van der Waals surface area contributed by atoms with Crippen LogP contribution in [0.5, 0.6) is 0 Å². The Labute approximate surface area is 615 Å². The molecule has 0 unspecified atom stereocenters. The van der Waals surface area contributed by atoms with Crippen molar-refractivity contribution in [3.05, 3.63) is 47.0 Å². The lowest BCUT2D eigenvalue weighted by atomic mass is 9.74. The summed E-state index contributed by atoms with van der Waals surface area (Å²) in [5, 5.41) is 8.38. The zero-order valence-electron chi connectivity index (χ0n) is 62.9. The van der Waals surface area contributed by atoms with E-state index in [0.29, 0.717) is 50.7 Å². The molecule has 106 heavy (non-hydrogen) atoms. The predicted octanol–water partition coefficient (Wildman–Crippen LogP) is 5.45. The maximum absolute atomic E-state index is 15.5. The number of ether oxygens (including phenoxy) is 1. The molecule has 0 radical (unpaired) electrons. The highest BCUT2D eigenvalue weighted by atomic mass is 19.4. The van der Waals surface area contributed by atoms with E-state index in [2.05, 4.69) is 16.0 Å². The minimum absolute atomic E-state index is 0.0131. The second-order valence-electron chi connectivity index (χ2n) is 30.7. The van der Waals surface area contributed by atoms with Crippen LogP contribution in [0.2, 0.25) is 0 Å². The van der Waals surface area contributed by atoms with Gasteiger partial charge in [0.25, 0.3) is 0 Å². The van der Waals surface area contributed by atoms with Crippen LogP contribution in [0, 0.1) is 35.3 Å². The molecular weight excluding hydrogens is 1400 g/mol. The first-order valence-corrected chi connectivity index (χ1v) is 37.3. The van der Waals surface area contributed by atoms with E-state index in [0.717, 1.165) is 37.3 Å². The zero-order valence-corrected chi connectivity index (χ0v) is 62.9. The highest BCUT2D eigenvalue weighted by Gasteiger charge is 2.54. The summed E-state index contributed by atoms with van der Waals surface area (Å²) in [6.07, 6.45) is -1.25. The summed E-state index contributed by atoms with van der Waals surface area (Å²) >= 11 is 0. The van der Waals surface area contributed by atoms with Gasteiger partial charge < -0.3 is 64.8 Å². The smallest absolute Gasteiger partial charge is 0.377 e. The molecule has 8 rings (SSSR count). The number of fused-ring (bicyclic) bond motifs is 3. The lowest BCUT2D eigenvalue weighted by Gasteiger charge is -2.46. The minimum atomic E-state index is -5.44. The molecule has 4 saturated carbocycles. The Morgan fingerprint density at radius 3 is 1.86 bits per heavy atom. The Bertz CT molecular complexity index is 3430. The van der Waals surface area contributed by atoms with Crippen molar-refractivity contribution in [3.63, 3.8) is 0 Å². The van der Waals surface area contributed by atoms with E-state index >= 15 is 37.5 Å². The second-order valence-corrected chi connectivity index (χ2v) is 30.7. The molecule has 7 aliphatic rings. The van der Waals surface area contributed by atoms with Gasteiger partial charge in [-0.15, -0.1) is 0 Å². The van der Waals surface area contributed by atoms with E-state index in [-0.39, 0.29) is 89.0 Å². The lowest BCUT2D eigenvalue weighted by Crippen LogP contribution is -2.68. The van der Waals surface area contributed by atoms with Crippen molar-refractivity contribution >= 4 is 70.9 Å². The summed E-state index contributed by atoms with van der Waals surface area (Å²) in [6, 6.07) is -10.4. The van der Waals surface area contributed by atoms with Gasteiger partial charge in [0, 0.05) is 95.3 Å². The third-order valence-electron chi connectivity index (χ3n) is 23.0. The molecule has 10 atom stereocenters. The fraction of sp³-hybridized carbons (Fsp3) is 0.730. The molecule has 3 N–H and O–H groups in total. The maximum Gasteiger partial charge on any atom is 0.422 e. The Balaban J connectivity index is 1.21. The van der Waals surface area contributed by atoms with Crippen LogP contribution >= 0.6 is 0 Å². The third-order valence-corrected chi connectivity index (χ3v) is 23.0. The highest BCUT2D eigenvalue weighted by molar-refractivity contribution is 6.01. The van der Waals surface area contributed by atoms with Gasteiger partial charge in [-0.1, -0.05) is 58.1 Å². The first-order chi connectivity index (χ1) is 49.8. The Morgan fingerprint density at radius 2 is 1.28 bits per heavy atom. The number of rotatable bonds is 13.